The highest BCUT2D eigenvalue weighted by Gasteiger charge is 2.41. The first-order valence-corrected chi connectivity index (χ1v) is 11.4. The minimum Gasteiger partial charge on any atom is -0.247 e. The van der Waals surface area contributed by atoms with E-state index in [9.17, 15) is 8.42 Å². The fraction of sp³-hybridized carbons (Fsp3) is 0.130. The van der Waals surface area contributed by atoms with E-state index in [2.05, 4.69) is 0 Å². The van der Waals surface area contributed by atoms with Crippen LogP contribution in [-0.4, -0.2) is 13.8 Å². The number of sulfonamides is 1. The molecule has 0 N–H and O–H groups in total. The number of hydrogen-bond donors (Lipinski definition) is 0. The van der Waals surface area contributed by atoms with Gasteiger partial charge < -0.3 is 0 Å². The van der Waals surface area contributed by atoms with Crippen LogP contribution in [0.15, 0.2) is 94.7 Å². The Morgan fingerprint density at radius 3 is 2.25 bits per heavy atom. The molecule has 1 heterocycles. The summed E-state index contributed by atoms with van der Waals surface area (Å²) in [5, 5.41) is -0.351. The van der Waals surface area contributed by atoms with Gasteiger partial charge in [0.25, 0.3) is 10.0 Å². The van der Waals surface area contributed by atoms with Crippen molar-refractivity contribution < 1.29 is 8.42 Å². The normalized spacial score (nSPS) is 16.9. The van der Waals surface area contributed by atoms with Gasteiger partial charge in [0, 0.05) is 4.90 Å². The fourth-order valence-corrected chi connectivity index (χ4v) is 6.70. The molecule has 0 saturated heterocycles. The minimum atomic E-state index is -3.71. The van der Waals surface area contributed by atoms with Crippen molar-refractivity contribution >= 4 is 33.0 Å². The number of benzene rings is 3. The van der Waals surface area contributed by atoms with Crippen LogP contribution in [0.4, 0.5) is 5.69 Å². The molecule has 0 fully saturated rings. The second-order valence-electron chi connectivity index (χ2n) is 6.66. The van der Waals surface area contributed by atoms with Crippen molar-refractivity contribution in [2.24, 2.45) is 0 Å². The molecule has 1 aliphatic rings. The number of allylic oxidation sites excluding steroid dienone is 1. The Kier molecular flexibility index (Phi) is 5.04. The summed E-state index contributed by atoms with van der Waals surface area (Å²) in [6.07, 6.45) is 2.01. The maximum Gasteiger partial charge on any atom is 0.265 e. The monoisotopic (exact) mass is 407 g/mol. The molecule has 0 aromatic heterocycles. The minimum absolute atomic E-state index is 0.309. The summed E-state index contributed by atoms with van der Waals surface area (Å²) >= 11 is 1.57. The van der Waals surface area contributed by atoms with Gasteiger partial charge in [-0.2, -0.15) is 0 Å². The van der Waals surface area contributed by atoms with E-state index in [1.165, 1.54) is 0 Å². The van der Waals surface area contributed by atoms with Crippen molar-refractivity contribution in [3.63, 3.8) is 0 Å². The molecule has 0 amide bonds. The van der Waals surface area contributed by atoms with Crippen LogP contribution in [0.5, 0.6) is 0 Å². The van der Waals surface area contributed by atoms with E-state index in [0.717, 1.165) is 27.3 Å². The Balaban J connectivity index is 1.86. The number of anilines is 1. The first kappa shape index (κ1) is 18.8. The number of nitrogens with zero attached hydrogens (tertiary/aromatic N) is 1. The van der Waals surface area contributed by atoms with Crippen molar-refractivity contribution in [2.45, 2.75) is 29.0 Å². The topological polar surface area (TPSA) is 37.4 Å². The van der Waals surface area contributed by atoms with E-state index >= 15 is 0 Å². The molecule has 28 heavy (non-hydrogen) atoms. The van der Waals surface area contributed by atoms with Crippen LogP contribution in [0.3, 0.4) is 0 Å². The molecule has 142 valence electrons. The standard InChI is InChI=1S/C23H21NO2S2/c1-3-20(18-9-5-4-6-10-18)23-24(21-11-7-8-12-22(21)27-23)28(25,26)19-15-13-17(2)14-16-19/h3-16,23H,1-2H3/b20-3+. The summed E-state index contributed by atoms with van der Waals surface area (Å²) in [5.41, 5.74) is 3.77. The zero-order chi connectivity index (χ0) is 19.7. The first-order valence-electron chi connectivity index (χ1n) is 9.11. The summed E-state index contributed by atoms with van der Waals surface area (Å²) in [6, 6.07) is 24.7. The molecule has 0 saturated carbocycles. The third-order valence-corrected chi connectivity index (χ3v) is 8.03. The van der Waals surface area contributed by atoms with Crippen LogP contribution in [0, 0.1) is 6.92 Å². The number of para-hydroxylation sites is 1. The molecule has 3 aromatic carbocycles. The van der Waals surface area contributed by atoms with Gasteiger partial charge in [-0.25, -0.2) is 12.7 Å². The summed E-state index contributed by atoms with van der Waals surface area (Å²) < 4.78 is 28.9. The summed E-state index contributed by atoms with van der Waals surface area (Å²) in [5.74, 6) is 0. The Bertz CT molecular complexity index is 1120. The molecule has 1 aliphatic heterocycles. The summed E-state index contributed by atoms with van der Waals surface area (Å²) in [6.45, 7) is 3.91. The van der Waals surface area contributed by atoms with Gasteiger partial charge in [0.15, 0.2) is 0 Å². The van der Waals surface area contributed by atoms with Gasteiger partial charge in [-0.3, -0.25) is 0 Å². The molecule has 1 atom stereocenters. The average molecular weight is 408 g/mol. The van der Waals surface area contributed by atoms with Crippen LogP contribution in [0.25, 0.3) is 5.57 Å². The number of fused-ring (bicyclic) bond motifs is 1. The molecule has 4 rings (SSSR count). The quantitative estimate of drug-likeness (QED) is 0.555. The largest absolute Gasteiger partial charge is 0.265 e. The zero-order valence-electron chi connectivity index (χ0n) is 15.7. The van der Waals surface area contributed by atoms with Crippen molar-refractivity contribution in [3.05, 3.63) is 96.1 Å². The molecular weight excluding hydrogens is 386 g/mol. The van der Waals surface area contributed by atoms with E-state index in [1.54, 1.807) is 28.2 Å². The maximum absolute atomic E-state index is 13.7. The lowest BCUT2D eigenvalue weighted by molar-refractivity contribution is 0.592. The molecule has 3 aromatic rings. The Labute approximate surface area is 170 Å². The third-order valence-electron chi connectivity index (χ3n) is 4.82. The van der Waals surface area contributed by atoms with Gasteiger partial charge in [0.1, 0.15) is 5.37 Å². The van der Waals surface area contributed by atoms with Gasteiger partial charge in [-0.05, 0) is 49.2 Å². The van der Waals surface area contributed by atoms with E-state index in [0.29, 0.717) is 4.90 Å². The molecule has 0 radical (unpaired) electrons. The second kappa shape index (κ2) is 7.49. The van der Waals surface area contributed by atoms with Crippen molar-refractivity contribution in [2.75, 3.05) is 4.31 Å². The van der Waals surface area contributed by atoms with E-state index < -0.39 is 10.0 Å². The maximum atomic E-state index is 13.7. The molecule has 0 spiro atoms. The smallest absolute Gasteiger partial charge is 0.247 e. The van der Waals surface area contributed by atoms with Gasteiger partial charge >= 0.3 is 0 Å². The van der Waals surface area contributed by atoms with Crippen LogP contribution in [-0.2, 0) is 10.0 Å². The number of thioether (sulfide) groups is 1. The van der Waals surface area contributed by atoms with Gasteiger partial charge in [0.2, 0.25) is 0 Å². The molecule has 3 nitrogen and oxygen atoms in total. The van der Waals surface area contributed by atoms with Crippen molar-refractivity contribution in [1.29, 1.82) is 0 Å². The predicted octanol–water partition coefficient (Wildman–Crippen LogP) is 5.73. The van der Waals surface area contributed by atoms with Crippen molar-refractivity contribution in [1.82, 2.24) is 0 Å². The van der Waals surface area contributed by atoms with Gasteiger partial charge in [0.05, 0.1) is 10.6 Å². The summed E-state index contributed by atoms with van der Waals surface area (Å²) in [4.78, 5) is 1.28. The van der Waals surface area contributed by atoms with Gasteiger partial charge in [-0.1, -0.05) is 78.0 Å². The Morgan fingerprint density at radius 1 is 0.929 bits per heavy atom. The average Bonchev–Trinajstić information content (AvgIpc) is 3.09. The molecule has 1 unspecified atom stereocenters. The zero-order valence-corrected chi connectivity index (χ0v) is 17.4. The Hall–Kier alpha value is -2.50. The Morgan fingerprint density at radius 2 is 1.57 bits per heavy atom. The number of rotatable bonds is 4. The summed E-state index contributed by atoms with van der Waals surface area (Å²) in [7, 11) is -3.71. The highest BCUT2D eigenvalue weighted by atomic mass is 32.2. The first-order chi connectivity index (χ1) is 13.5. The lowest BCUT2D eigenvalue weighted by Gasteiger charge is -2.28. The van der Waals surface area contributed by atoms with Crippen LogP contribution in [0.2, 0.25) is 0 Å². The highest BCUT2D eigenvalue weighted by molar-refractivity contribution is 8.03. The van der Waals surface area contributed by atoms with E-state index in [1.807, 2.05) is 86.7 Å². The molecule has 0 bridgehead atoms. The highest BCUT2D eigenvalue weighted by Crippen LogP contribution is 2.50. The van der Waals surface area contributed by atoms with Crippen molar-refractivity contribution in [3.8, 4) is 0 Å². The number of hydrogen-bond acceptors (Lipinski definition) is 3. The van der Waals surface area contributed by atoms with Gasteiger partial charge in [-0.15, -0.1) is 0 Å². The number of aryl methyl sites for hydroxylation is 1. The fourth-order valence-electron chi connectivity index (χ4n) is 3.38. The van der Waals surface area contributed by atoms with E-state index in [4.69, 9.17) is 0 Å². The molecular formula is C23H21NO2S2. The predicted molar refractivity (Wildman–Crippen MR) is 117 cm³/mol. The lowest BCUT2D eigenvalue weighted by atomic mass is 10.1. The SMILES string of the molecule is C/C=C(\c1ccccc1)C1Sc2ccccc2N1S(=O)(=O)c1ccc(C)cc1. The third kappa shape index (κ3) is 3.25. The second-order valence-corrected chi connectivity index (χ2v) is 9.60. The van der Waals surface area contributed by atoms with Crippen LogP contribution >= 0.6 is 11.8 Å². The van der Waals surface area contributed by atoms with E-state index in [-0.39, 0.29) is 5.37 Å². The lowest BCUT2D eigenvalue weighted by Crippen LogP contribution is -2.36. The molecule has 5 heteroatoms. The van der Waals surface area contributed by atoms with Crippen LogP contribution < -0.4 is 4.31 Å². The van der Waals surface area contributed by atoms with Crippen LogP contribution in [0.1, 0.15) is 18.1 Å². The molecule has 0 aliphatic carbocycles.